The van der Waals surface area contributed by atoms with E-state index in [9.17, 15) is 0 Å². The number of nitrogens with one attached hydrogen (secondary N) is 1. The van der Waals surface area contributed by atoms with E-state index >= 15 is 0 Å². The average Bonchev–Trinajstić information content (AvgIpc) is 3.40. The Bertz CT molecular complexity index is 1350. The first-order valence-electron chi connectivity index (χ1n) is 12.5. The predicted molar refractivity (Wildman–Crippen MR) is 150 cm³/mol. The fourth-order valence-electron chi connectivity index (χ4n) is 5.18. The van der Waals surface area contributed by atoms with Crippen molar-refractivity contribution in [1.82, 2.24) is 14.9 Å². The molecule has 3 heterocycles. The first-order valence-corrected chi connectivity index (χ1v) is 12.9. The normalized spacial score (nSPS) is 17.3. The van der Waals surface area contributed by atoms with Gasteiger partial charge in [0.05, 0.1) is 24.4 Å². The van der Waals surface area contributed by atoms with Crippen molar-refractivity contribution in [2.45, 2.75) is 46.2 Å². The zero-order chi connectivity index (χ0) is 25.2. The fourth-order valence-corrected chi connectivity index (χ4v) is 5.53. The molecule has 0 spiro atoms. The van der Waals surface area contributed by atoms with Crippen LogP contribution in [-0.4, -0.2) is 21.3 Å². The van der Waals surface area contributed by atoms with Crippen molar-refractivity contribution in [3.8, 4) is 11.4 Å². The van der Waals surface area contributed by atoms with Gasteiger partial charge in [-0.05, 0) is 105 Å². The van der Waals surface area contributed by atoms with Crippen LogP contribution in [0.25, 0.3) is 5.69 Å². The molecular weight excluding hydrogens is 464 g/mol. The van der Waals surface area contributed by atoms with E-state index in [-0.39, 0.29) is 12.1 Å². The first kappa shape index (κ1) is 24.1. The van der Waals surface area contributed by atoms with Gasteiger partial charge in [-0.15, -0.1) is 0 Å². The summed E-state index contributed by atoms with van der Waals surface area (Å²) in [4.78, 5) is 6.92. The second-order valence-corrected chi connectivity index (χ2v) is 9.49. The third-order valence-corrected chi connectivity index (χ3v) is 7.23. The summed E-state index contributed by atoms with van der Waals surface area (Å²) in [6.45, 7) is 9.18. The molecule has 5 nitrogen and oxygen atoms in total. The second-order valence-electron chi connectivity index (χ2n) is 9.11. The lowest BCUT2D eigenvalue weighted by Gasteiger charge is -2.28. The maximum atomic E-state index is 5.91. The Kier molecular flexibility index (Phi) is 6.79. The Morgan fingerprint density at radius 2 is 1.67 bits per heavy atom. The third kappa shape index (κ3) is 4.37. The summed E-state index contributed by atoms with van der Waals surface area (Å²) < 4.78 is 8.01. The van der Waals surface area contributed by atoms with Crippen LogP contribution in [0.3, 0.4) is 0 Å². The van der Waals surface area contributed by atoms with Gasteiger partial charge in [0.15, 0.2) is 5.11 Å². The molecule has 0 unspecified atom stereocenters. The minimum Gasteiger partial charge on any atom is -0.494 e. The molecule has 1 N–H and O–H groups in total. The molecule has 5 rings (SSSR count). The lowest BCUT2D eigenvalue weighted by Crippen LogP contribution is -2.29. The fraction of sp³-hybridized carbons (Fsp3) is 0.267. The Balaban J connectivity index is 1.62. The highest BCUT2D eigenvalue weighted by molar-refractivity contribution is 7.80. The average molecular weight is 497 g/mol. The molecule has 1 fully saturated rings. The van der Waals surface area contributed by atoms with Crippen molar-refractivity contribution < 1.29 is 4.74 Å². The summed E-state index contributed by atoms with van der Waals surface area (Å²) in [5, 5.41) is 4.26. The van der Waals surface area contributed by atoms with Crippen molar-refractivity contribution in [2.75, 3.05) is 11.5 Å². The number of hydrogen-bond donors (Lipinski definition) is 1. The van der Waals surface area contributed by atoms with E-state index in [1.807, 2.05) is 37.4 Å². The molecule has 2 aromatic heterocycles. The maximum absolute atomic E-state index is 5.91. The van der Waals surface area contributed by atoms with Crippen LogP contribution in [0.1, 0.15) is 54.1 Å². The van der Waals surface area contributed by atoms with Crippen molar-refractivity contribution >= 4 is 23.0 Å². The van der Waals surface area contributed by atoms with Gasteiger partial charge in [-0.3, -0.25) is 4.98 Å². The zero-order valence-corrected chi connectivity index (χ0v) is 22.0. The van der Waals surface area contributed by atoms with Gasteiger partial charge in [0.1, 0.15) is 5.75 Å². The number of hydrogen-bond acceptors (Lipinski definition) is 3. The molecule has 0 bridgehead atoms. The van der Waals surface area contributed by atoms with Gasteiger partial charge in [0.2, 0.25) is 0 Å². The number of nitrogens with zero attached hydrogens (tertiary/aromatic N) is 3. The minimum absolute atomic E-state index is 0.0554. The van der Waals surface area contributed by atoms with Crippen LogP contribution >= 0.6 is 12.2 Å². The van der Waals surface area contributed by atoms with Gasteiger partial charge in [0.25, 0.3) is 0 Å². The van der Waals surface area contributed by atoms with Gasteiger partial charge in [-0.1, -0.05) is 25.1 Å². The van der Waals surface area contributed by atoms with E-state index in [0.717, 1.165) is 23.6 Å². The zero-order valence-electron chi connectivity index (χ0n) is 21.2. The molecule has 1 aliphatic heterocycles. The summed E-state index contributed by atoms with van der Waals surface area (Å²) in [7, 11) is 0. The monoisotopic (exact) mass is 496 g/mol. The van der Waals surface area contributed by atoms with Crippen LogP contribution in [0.2, 0.25) is 0 Å². The number of pyridine rings is 1. The lowest BCUT2D eigenvalue weighted by molar-refractivity contribution is 0.340. The van der Waals surface area contributed by atoms with E-state index in [0.29, 0.717) is 11.7 Å². The Morgan fingerprint density at radius 1 is 0.944 bits per heavy atom. The maximum Gasteiger partial charge on any atom is 0.174 e. The summed E-state index contributed by atoms with van der Waals surface area (Å²) in [6, 6.07) is 25.2. The summed E-state index contributed by atoms with van der Waals surface area (Å²) in [5.41, 5.74) is 8.12. The van der Waals surface area contributed by atoms with Crippen LogP contribution < -0.4 is 15.0 Å². The topological polar surface area (TPSA) is 42.3 Å². The molecule has 1 saturated heterocycles. The number of ether oxygens (including phenoxy) is 1. The second kappa shape index (κ2) is 10.2. The summed E-state index contributed by atoms with van der Waals surface area (Å²) >= 11 is 5.91. The summed E-state index contributed by atoms with van der Waals surface area (Å²) in [5.74, 6) is 0.853. The number of rotatable bonds is 7. The van der Waals surface area contributed by atoms with Crippen molar-refractivity contribution in [3.05, 3.63) is 107 Å². The van der Waals surface area contributed by atoms with E-state index in [2.05, 4.69) is 84.1 Å². The van der Waals surface area contributed by atoms with Crippen LogP contribution in [0.15, 0.2) is 79.0 Å². The lowest BCUT2D eigenvalue weighted by atomic mass is 9.96. The number of benzene rings is 2. The number of thiocarbonyl (C=S) groups is 1. The van der Waals surface area contributed by atoms with Gasteiger partial charge in [-0.2, -0.15) is 0 Å². The molecular formula is C30H32N4OS. The third-order valence-electron chi connectivity index (χ3n) is 6.92. The van der Waals surface area contributed by atoms with Crippen molar-refractivity contribution in [3.63, 3.8) is 0 Å². The number of anilines is 1. The van der Waals surface area contributed by atoms with Crippen LogP contribution in [0.5, 0.6) is 5.75 Å². The highest BCUT2D eigenvalue weighted by Gasteiger charge is 2.42. The largest absolute Gasteiger partial charge is 0.494 e. The molecule has 0 saturated carbocycles. The van der Waals surface area contributed by atoms with E-state index in [1.165, 1.54) is 28.2 Å². The van der Waals surface area contributed by atoms with Gasteiger partial charge in [0, 0.05) is 29.0 Å². The molecule has 2 aromatic carbocycles. The quantitative estimate of drug-likeness (QED) is 0.291. The standard InChI is InChI=1S/C30H32N4OS/c1-5-22-10-12-23(13-11-22)33-20(3)19-26(21(33)4)29-28(27-9-7-8-18-31-27)32-30(36)34(29)24-14-16-25(17-15-24)35-6-2/h7-19,28-29H,5-6H2,1-4H3,(H,32,36)/t28-,29+/m1/s1. The van der Waals surface area contributed by atoms with E-state index < -0.39 is 0 Å². The molecule has 0 amide bonds. The van der Waals surface area contributed by atoms with Crippen LogP contribution in [-0.2, 0) is 6.42 Å². The van der Waals surface area contributed by atoms with Gasteiger partial charge in [-0.25, -0.2) is 0 Å². The van der Waals surface area contributed by atoms with Crippen LogP contribution in [0, 0.1) is 13.8 Å². The molecule has 1 aliphatic rings. The van der Waals surface area contributed by atoms with Crippen molar-refractivity contribution in [1.29, 1.82) is 0 Å². The Morgan fingerprint density at radius 3 is 2.31 bits per heavy atom. The molecule has 184 valence electrons. The summed E-state index contributed by atoms with van der Waals surface area (Å²) in [6.07, 6.45) is 2.87. The molecule has 0 radical (unpaired) electrons. The number of aryl methyl sites for hydroxylation is 2. The predicted octanol–water partition coefficient (Wildman–Crippen LogP) is 6.63. The SMILES string of the molecule is CCOc1ccc(N2C(=S)N[C@H](c3ccccn3)[C@@H]2c2cc(C)n(-c3ccc(CC)cc3)c2C)cc1. The molecule has 6 heteroatoms. The molecule has 0 aliphatic carbocycles. The first-order chi connectivity index (χ1) is 17.5. The van der Waals surface area contributed by atoms with Crippen molar-refractivity contribution in [2.24, 2.45) is 0 Å². The van der Waals surface area contributed by atoms with Crippen LogP contribution in [0.4, 0.5) is 5.69 Å². The van der Waals surface area contributed by atoms with Gasteiger partial charge < -0.3 is 19.5 Å². The van der Waals surface area contributed by atoms with Gasteiger partial charge >= 0.3 is 0 Å². The molecule has 2 atom stereocenters. The highest BCUT2D eigenvalue weighted by atomic mass is 32.1. The smallest absolute Gasteiger partial charge is 0.174 e. The Labute approximate surface area is 218 Å². The minimum atomic E-state index is -0.0818. The molecule has 36 heavy (non-hydrogen) atoms. The Hall–Kier alpha value is -3.64. The number of aromatic nitrogens is 2. The van der Waals surface area contributed by atoms with E-state index in [1.54, 1.807) is 0 Å². The van der Waals surface area contributed by atoms with E-state index in [4.69, 9.17) is 21.9 Å². The highest BCUT2D eigenvalue weighted by Crippen LogP contribution is 2.44. The molecule has 4 aromatic rings.